The van der Waals surface area contributed by atoms with E-state index >= 15 is 0 Å². The topological polar surface area (TPSA) is 59.1 Å². The molecule has 1 aliphatic rings. The number of nitrogens with zero attached hydrogens (tertiary/aromatic N) is 2. The monoisotopic (exact) mass is 236 g/mol. The van der Waals surface area contributed by atoms with Crippen LogP contribution in [0.4, 0.5) is 5.82 Å². The van der Waals surface area contributed by atoms with E-state index < -0.39 is 0 Å². The molecular formula is C12H20N4O. The molecule has 0 saturated carbocycles. The highest BCUT2D eigenvalue weighted by atomic mass is 16.5. The predicted molar refractivity (Wildman–Crippen MR) is 67.3 cm³/mol. The van der Waals surface area contributed by atoms with Gasteiger partial charge in [0.15, 0.2) is 0 Å². The summed E-state index contributed by atoms with van der Waals surface area (Å²) in [6, 6.07) is 1.82. The van der Waals surface area contributed by atoms with Gasteiger partial charge in [-0.25, -0.2) is 9.97 Å². The lowest BCUT2D eigenvalue weighted by molar-refractivity contribution is 0.253. The van der Waals surface area contributed by atoms with Gasteiger partial charge < -0.3 is 15.4 Å². The molecule has 0 amide bonds. The molecule has 1 aromatic rings. The summed E-state index contributed by atoms with van der Waals surface area (Å²) in [4.78, 5) is 8.16. The van der Waals surface area contributed by atoms with Crippen LogP contribution in [0.25, 0.3) is 0 Å². The van der Waals surface area contributed by atoms with Crippen LogP contribution in [0.3, 0.4) is 0 Å². The fourth-order valence-corrected chi connectivity index (χ4v) is 2.12. The summed E-state index contributed by atoms with van der Waals surface area (Å²) in [5, 5.41) is 6.80. The SMILES string of the molecule is COc1cc(NCC2(C)CCCNC2)ncn1. The third kappa shape index (κ3) is 3.30. The van der Waals surface area contributed by atoms with E-state index in [-0.39, 0.29) is 0 Å². The van der Waals surface area contributed by atoms with Gasteiger partial charge in [-0.3, -0.25) is 0 Å². The van der Waals surface area contributed by atoms with Gasteiger partial charge >= 0.3 is 0 Å². The molecule has 0 aromatic carbocycles. The van der Waals surface area contributed by atoms with Crippen molar-refractivity contribution < 1.29 is 4.74 Å². The van der Waals surface area contributed by atoms with Gasteiger partial charge in [0.25, 0.3) is 0 Å². The summed E-state index contributed by atoms with van der Waals surface area (Å²) in [5.74, 6) is 1.41. The summed E-state index contributed by atoms with van der Waals surface area (Å²) in [6.07, 6.45) is 4.00. The maximum absolute atomic E-state index is 5.07. The number of piperidine rings is 1. The van der Waals surface area contributed by atoms with Crippen molar-refractivity contribution in [1.82, 2.24) is 15.3 Å². The van der Waals surface area contributed by atoms with E-state index in [1.54, 1.807) is 7.11 Å². The molecule has 17 heavy (non-hydrogen) atoms. The van der Waals surface area contributed by atoms with Crippen LogP contribution in [0.1, 0.15) is 19.8 Å². The molecule has 0 spiro atoms. The highest BCUT2D eigenvalue weighted by molar-refractivity contribution is 5.37. The van der Waals surface area contributed by atoms with Gasteiger partial charge in [0.1, 0.15) is 12.1 Å². The number of anilines is 1. The molecule has 0 radical (unpaired) electrons. The molecule has 1 saturated heterocycles. The second kappa shape index (κ2) is 5.31. The summed E-state index contributed by atoms with van der Waals surface area (Å²) in [7, 11) is 1.61. The van der Waals surface area contributed by atoms with Crippen LogP contribution >= 0.6 is 0 Å². The van der Waals surface area contributed by atoms with E-state index in [1.165, 1.54) is 19.2 Å². The molecular weight excluding hydrogens is 216 g/mol. The molecule has 1 aromatic heterocycles. The van der Waals surface area contributed by atoms with Gasteiger partial charge in [0.05, 0.1) is 7.11 Å². The van der Waals surface area contributed by atoms with Crippen molar-refractivity contribution in [2.45, 2.75) is 19.8 Å². The first kappa shape index (κ1) is 12.1. The first-order chi connectivity index (χ1) is 8.22. The second-order valence-electron chi connectivity index (χ2n) is 4.89. The third-order valence-electron chi connectivity index (χ3n) is 3.23. The molecule has 2 rings (SSSR count). The quantitative estimate of drug-likeness (QED) is 0.825. The molecule has 0 aliphatic carbocycles. The van der Waals surface area contributed by atoms with Gasteiger partial charge in [-0.2, -0.15) is 0 Å². The molecule has 1 unspecified atom stereocenters. The van der Waals surface area contributed by atoms with Crippen LogP contribution in [-0.2, 0) is 0 Å². The Labute approximate surface area is 102 Å². The highest BCUT2D eigenvalue weighted by Crippen LogP contribution is 2.25. The number of methoxy groups -OCH3 is 1. The standard InChI is InChI=1S/C12H20N4O/c1-12(4-3-5-13-7-12)8-14-10-6-11(17-2)16-9-15-10/h6,9,13H,3-5,7-8H2,1-2H3,(H,14,15,16). The summed E-state index contributed by atoms with van der Waals surface area (Å²) in [5.41, 5.74) is 0.302. The van der Waals surface area contributed by atoms with Crippen molar-refractivity contribution >= 4 is 5.82 Å². The Morgan fingerprint density at radius 2 is 2.41 bits per heavy atom. The molecule has 1 aliphatic heterocycles. The van der Waals surface area contributed by atoms with Crippen LogP contribution in [-0.4, -0.2) is 36.7 Å². The molecule has 5 heteroatoms. The lowest BCUT2D eigenvalue weighted by atomic mass is 9.83. The smallest absolute Gasteiger partial charge is 0.218 e. The summed E-state index contributed by atoms with van der Waals surface area (Å²) in [6.45, 7) is 5.41. The van der Waals surface area contributed by atoms with Crippen molar-refractivity contribution in [3.05, 3.63) is 12.4 Å². The lowest BCUT2D eigenvalue weighted by Crippen LogP contribution is -2.42. The summed E-state index contributed by atoms with van der Waals surface area (Å²) < 4.78 is 5.07. The molecule has 2 N–H and O–H groups in total. The van der Waals surface area contributed by atoms with E-state index in [0.29, 0.717) is 11.3 Å². The Kier molecular flexibility index (Phi) is 3.78. The van der Waals surface area contributed by atoms with Crippen LogP contribution < -0.4 is 15.4 Å². The van der Waals surface area contributed by atoms with Gasteiger partial charge in [0, 0.05) is 19.2 Å². The molecule has 5 nitrogen and oxygen atoms in total. The van der Waals surface area contributed by atoms with Crippen molar-refractivity contribution in [3.63, 3.8) is 0 Å². The zero-order valence-electron chi connectivity index (χ0n) is 10.5. The van der Waals surface area contributed by atoms with Crippen LogP contribution in [0.2, 0.25) is 0 Å². The van der Waals surface area contributed by atoms with E-state index in [1.807, 2.05) is 6.07 Å². The number of ether oxygens (including phenoxy) is 1. The van der Waals surface area contributed by atoms with E-state index in [2.05, 4.69) is 27.5 Å². The minimum Gasteiger partial charge on any atom is -0.481 e. The van der Waals surface area contributed by atoms with E-state index in [4.69, 9.17) is 4.74 Å². The van der Waals surface area contributed by atoms with Crippen LogP contribution in [0.15, 0.2) is 12.4 Å². The van der Waals surface area contributed by atoms with Crippen LogP contribution in [0.5, 0.6) is 5.88 Å². The number of hydrogen-bond acceptors (Lipinski definition) is 5. The van der Waals surface area contributed by atoms with Gasteiger partial charge in [-0.05, 0) is 24.8 Å². The van der Waals surface area contributed by atoms with E-state index in [0.717, 1.165) is 25.5 Å². The maximum Gasteiger partial charge on any atom is 0.218 e. The van der Waals surface area contributed by atoms with Crippen molar-refractivity contribution in [2.75, 3.05) is 32.1 Å². The average Bonchev–Trinajstić information content (AvgIpc) is 2.38. The van der Waals surface area contributed by atoms with Crippen molar-refractivity contribution in [2.24, 2.45) is 5.41 Å². The first-order valence-electron chi connectivity index (χ1n) is 6.02. The molecule has 0 bridgehead atoms. The molecule has 94 valence electrons. The number of nitrogens with one attached hydrogen (secondary N) is 2. The van der Waals surface area contributed by atoms with Gasteiger partial charge in [-0.1, -0.05) is 6.92 Å². The first-order valence-corrected chi connectivity index (χ1v) is 6.02. The minimum absolute atomic E-state index is 0.302. The summed E-state index contributed by atoms with van der Waals surface area (Å²) >= 11 is 0. The Morgan fingerprint density at radius 1 is 1.53 bits per heavy atom. The Morgan fingerprint density at radius 3 is 3.12 bits per heavy atom. The number of rotatable bonds is 4. The Hall–Kier alpha value is -1.36. The zero-order chi connectivity index (χ0) is 12.1. The zero-order valence-corrected chi connectivity index (χ0v) is 10.5. The maximum atomic E-state index is 5.07. The minimum atomic E-state index is 0.302. The second-order valence-corrected chi connectivity index (χ2v) is 4.89. The average molecular weight is 236 g/mol. The fourth-order valence-electron chi connectivity index (χ4n) is 2.12. The van der Waals surface area contributed by atoms with Crippen molar-refractivity contribution in [3.8, 4) is 5.88 Å². The normalized spacial score (nSPS) is 24.4. The van der Waals surface area contributed by atoms with Crippen molar-refractivity contribution in [1.29, 1.82) is 0 Å². The lowest BCUT2D eigenvalue weighted by Gasteiger charge is -2.34. The highest BCUT2D eigenvalue weighted by Gasteiger charge is 2.26. The van der Waals surface area contributed by atoms with E-state index in [9.17, 15) is 0 Å². The fraction of sp³-hybridized carbons (Fsp3) is 0.667. The molecule has 1 fully saturated rings. The van der Waals surface area contributed by atoms with Gasteiger partial charge in [-0.15, -0.1) is 0 Å². The van der Waals surface area contributed by atoms with Gasteiger partial charge in [0.2, 0.25) is 5.88 Å². The Bertz CT molecular complexity index is 363. The Balaban J connectivity index is 1.92. The number of aromatic nitrogens is 2. The van der Waals surface area contributed by atoms with Crippen LogP contribution in [0, 0.1) is 5.41 Å². The number of hydrogen-bond donors (Lipinski definition) is 2. The predicted octanol–water partition coefficient (Wildman–Crippen LogP) is 1.29. The third-order valence-corrected chi connectivity index (χ3v) is 3.23. The molecule has 2 heterocycles. The molecule has 1 atom stereocenters. The largest absolute Gasteiger partial charge is 0.481 e.